The van der Waals surface area contributed by atoms with Crippen molar-refractivity contribution in [2.45, 2.75) is 19.9 Å². The van der Waals surface area contributed by atoms with E-state index >= 15 is 0 Å². The van der Waals surface area contributed by atoms with E-state index in [-0.39, 0.29) is 1.43 Å². The maximum Gasteiger partial charge on any atom is 1.00 e. The Bertz CT molecular complexity index is 83.9. The lowest BCUT2D eigenvalue weighted by Crippen LogP contribution is -2.20. The third-order valence-electron chi connectivity index (χ3n) is 1.03. The molecule has 6 heteroatoms. The highest BCUT2D eigenvalue weighted by Gasteiger charge is 2.20. The monoisotopic (exact) mass is 175 g/mol. The van der Waals surface area contributed by atoms with E-state index in [0.717, 1.165) is 0 Å². The van der Waals surface area contributed by atoms with Crippen LogP contribution in [0.1, 0.15) is 15.3 Å². The number of hydrogen-bond acceptors (Lipinski definition) is 1. The van der Waals surface area contributed by atoms with Crippen molar-refractivity contribution in [2.24, 2.45) is 0 Å². The molecule has 0 fully saturated rings. The molecule has 11 heavy (non-hydrogen) atoms. The quantitative estimate of drug-likeness (QED) is 0.436. The van der Waals surface area contributed by atoms with Crippen molar-refractivity contribution in [3.05, 3.63) is 0 Å². The molecular formula is C5H14BF4N. The van der Waals surface area contributed by atoms with Crippen molar-refractivity contribution in [3.63, 3.8) is 0 Å². The van der Waals surface area contributed by atoms with Crippen molar-refractivity contribution in [2.75, 3.05) is 14.1 Å². The van der Waals surface area contributed by atoms with Crippen molar-refractivity contribution < 1.29 is 18.7 Å². The smallest absolute Gasteiger partial charge is 0.418 e. The number of halogens is 4. The molecule has 0 saturated heterocycles. The van der Waals surface area contributed by atoms with Gasteiger partial charge < -0.3 is 22.2 Å². The van der Waals surface area contributed by atoms with Gasteiger partial charge in [0.2, 0.25) is 0 Å². The zero-order valence-electron chi connectivity index (χ0n) is 8.11. The number of rotatable bonds is 1. The Hall–Kier alpha value is -0.255. The van der Waals surface area contributed by atoms with Crippen molar-refractivity contribution in [1.29, 1.82) is 0 Å². The van der Waals surface area contributed by atoms with Gasteiger partial charge in [0, 0.05) is 6.04 Å². The Balaban J connectivity index is -0.000000126. The second-order valence-electron chi connectivity index (χ2n) is 2.55. The Morgan fingerprint density at radius 2 is 1.18 bits per heavy atom. The summed E-state index contributed by atoms with van der Waals surface area (Å²) in [6, 6.07) is 0.685. The normalized spacial score (nSPS) is 11.5. The Morgan fingerprint density at radius 3 is 1.18 bits per heavy atom. The topological polar surface area (TPSA) is 3.24 Å². The van der Waals surface area contributed by atoms with E-state index < -0.39 is 7.25 Å². The van der Waals surface area contributed by atoms with Gasteiger partial charge in [-0.1, -0.05) is 0 Å². The predicted octanol–water partition coefficient (Wildman–Crippen LogP) is 2.37. The molecule has 70 valence electrons. The minimum absolute atomic E-state index is 0. The molecule has 0 N–H and O–H groups in total. The van der Waals surface area contributed by atoms with E-state index in [1.807, 2.05) is 0 Å². The highest BCUT2D eigenvalue weighted by Crippen LogP contribution is 2.06. The third kappa shape index (κ3) is 41.7. The summed E-state index contributed by atoms with van der Waals surface area (Å²) >= 11 is 0. The fourth-order valence-electron chi connectivity index (χ4n) is 0. The molecule has 0 aliphatic heterocycles. The lowest BCUT2D eigenvalue weighted by Gasteiger charge is -2.12. The van der Waals surface area contributed by atoms with Gasteiger partial charge >= 0.3 is 8.68 Å². The van der Waals surface area contributed by atoms with Gasteiger partial charge in [0.25, 0.3) is 0 Å². The maximum absolute atomic E-state index is 9.75. The molecule has 1 nitrogen and oxygen atoms in total. The van der Waals surface area contributed by atoms with Crippen molar-refractivity contribution in [3.8, 4) is 0 Å². The van der Waals surface area contributed by atoms with Crippen LogP contribution in [0, 0.1) is 0 Å². The largest absolute Gasteiger partial charge is 1.00 e. The second-order valence-corrected chi connectivity index (χ2v) is 2.55. The van der Waals surface area contributed by atoms with Crippen LogP contribution in [0.4, 0.5) is 17.3 Å². The van der Waals surface area contributed by atoms with Gasteiger partial charge in [0.15, 0.2) is 0 Å². The fourth-order valence-corrected chi connectivity index (χ4v) is 0. The summed E-state index contributed by atoms with van der Waals surface area (Å²) in [7, 11) is -1.85. The molecular weight excluding hydrogens is 161 g/mol. The molecule has 0 aromatic heterocycles. The molecule has 0 spiro atoms. The number of hydrogen-bond donors (Lipinski definition) is 0. The van der Waals surface area contributed by atoms with Gasteiger partial charge in [0.05, 0.1) is 0 Å². The van der Waals surface area contributed by atoms with Crippen LogP contribution < -0.4 is 0 Å². The molecule has 0 heterocycles. The Morgan fingerprint density at radius 1 is 1.09 bits per heavy atom. The zero-order valence-corrected chi connectivity index (χ0v) is 7.11. The Labute approximate surface area is 66.0 Å². The molecule has 0 unspecified atom stereocenters. The summed E-state index contributed by atoms with van der Waals surface area (Å²) < 4.78 is 39.0. The maximum atomic E-state index is 9.75. The molecule has 0 aliphatic carbocycles. The van der Waals surface area contributed by atoms with Crippen LogP contribution in [0.3, 0.4) is 0 Å². The summed E-state index contributed by atoms with van der Waals surface area (Å²) in [5.74, 6) is 0. The standard InChI is InChI=1S/C5H13N.BF4/c1-5(2)6(3)4;2-1(3,4)5/h5H,1-4H3;/q;-1/p+1. The highest BCUT2D eigenvalue weighted by molar-refractivity contribution is 6.50. The zero-order chi connectivity index (χ0) is 9.65. The van der Waals surface area contributed by atoms with Crippen LogP contribution in [-0.2, 0) is 0 Å². The van der Waals surface area contributed by atoms with Crippen LogP contribution in [0.5, 0.6) is 0 Å². The average molecular weight is 175 g/mol. The molecule has 0 rings (SSSR count). The van der Waals surface area contributed by atoms with Gasteiger partial charge in [-0.2, -0.15) is 0 Å². The van der Waals surface area contributed by atoms with E-state index in [9.17, 15) is 17.3 Å². The molecule has 0 aliphatic rings. The molecule has 0 bridgehead atoms. The van der Waals surface area contributed by atoms with E-state index in [0.29, 0.717) is 6.04 Å². The summed E-state index contributed by atoms with van der Waals surface area (Å²) in [6.45, 7) is 4.33. The summed E-state index contributed by atoms with van der Waals surface area (Å²) in [6.07, 6.45) is 0. The van der Waals surface area contributed by atoms with Crippen LogP contribution in [0.2, 0.25) is 0 Å². The molecule has 0 saturated carbocycles. The van der Waals surface area contributed by atoms with E-state index in [2.05, 4.69) is 32.8 Å². The van der Waals surface area contributed by atoms with E-state index in [4.69, 9.17) is 0 Å². The van der Waals surface area contributed by atoms with E-state index in [1.165, 1.54) is 0 Å². The first-order valence-electron chi connectivity index (χ1n) is 3.18. The SMILES string of the molecule is CC(C)N(C)C.F[B-](F)(F)F.[H+]. The lowest BCUT2D eigenvalue weighted by molar-refractivity contribution is 0.335. The molecule has 0 atom stereocenters. The first-order chi connectivity index (χ1) is 4.64. The minimum atomic E-state index is -6.00. The van der Waals surface area contributed by atoms with Crippen LogP contribution in [0.15, 0.2) is 0 Å². The predicted molar refractivity (Wildman–Crippen MR) is 40.1 cm³/mol. The van der Waals surface area contributed by atoms with Crippen LogP contribution in [-0.4, -0.2) is 32.3 Å². The lowest BCUT2D eigenvalue weighted by atomic mass is 10.3. The van der Waals surface area contributed by atoms with E-state index in [1.54, 1.807) is 0 Å². The van der Waals surface area contributed by atoms with Gasteiger partial charge in [-0.15, -0.1) is 0 Å². The fraction of sp³-hybridized carbons (Fsp3) is 1.00. The van der Waals surface area contributed by atoms with Gasteiger partial charge in [0.1, 0.15) is 0 Å². The molecule has 0 radical (unpaired) electrons. The molecule has 0 aromatic carbocycles. The summed E-state index contributed by atoms with van der Waals surface area (Å²) in [4.78, 5) is 2.17. The first-order valence-corrected chi connectivity index (χ1v) is 3.18. The van der Waals surface area contributed by atoms with Crippen LogP contribution in [0.25, 0.3) is 0 Å². The first kappa shape index (κ1) is 13.3. The second kappa shape index (κ2) is 5.40. The molecule has 0 aromatic rings. The minimum Gasteiger partial charge on any atom is -0.418 e. The average Bonchev–Trinajstić information content (AvgIpc) is 1.59. The number of nitrogens with zero attached hydrogens (tertiary/aromatic N) is 1. The summed E-state index contributed by atoms with van der Waals surface area (Å²) in [5, 5.41) is 0. The van der Waals surface area contributed by atoms with Gasteiger partial charge in [-0.25, -0.2) is 0 Å². The van der Waals surface area contributed by atoms with Crippen molar-refractivity contribution in [1.82, 2.24) is 4.90 Å². The van der Waals surface area contributed by atoms with Crippen LogP contribution >= 0.6 is 0 Å². The highest BCUT2D eigenvalue weighted by atomic mass is 19.5. The molecule has 0 amide bonds. The van der Waals surface area contributed by atoms with Crippen molar-refractivity contribution >= 4 is 7.25 Å². The Kier molecular flexibility index (Phi) is 6.55. The summed E-state index contributed by atoms with van der Waals surface area (Å²) in [5.41, 5.74) is 0. The third-order valence-corrected chi connectivity index (χ3v) is 1.03. The van der Waals surface area contributed by atoms with Gasteiger partial charge in [-0.3, -0.25) is 0 Å². The van der Waals surface area contributed by atoms with Gasteiger partial charge in [-0.05, 0) is 27.9 Å².